The SMILES string of the molecule is CSc1ccccc1NC(=O)Cc1csc(SCc2ccc(F)cc2)n1. The second-order valence-corrected chi connectivity index (χ2v) is 8.37. The molecule has 0 bridgehead atoms. The molecule has 0 saturated carbocycles. The third kappa shape index (κ3) is 5.33. The smallest absolute Gasteiger partial charge is 0.230 e. The molecule has 1 aromatic heterocycles. The molecule has 3 nitrogen and oxygen atoms in total. The molecule has 0 unspecified atom stereocenters. The van der Waals surface area contributed by atoms with Crippen LogP contribution in [0.5, 0.6) is 0 Å². The van der Waals surface area contributed by atoms with Crippen molar-refractivity contribution in [1.82, 2.24) is 4.98 Å². The number of anilines is 1. The molecule has 3 aromatic rings. The van der Waals surface area contributed by atoms with Crippen molar-refractivity contribution in [3.63, 3.8) is 0 Å². The van der Waals surface area contributed by atoms with Gasteiger partial charge in [0, 0.05) is 16.0 Å². The molecular weight excluding hydrogens is 387 g/mol. The zero-order chi connectivity index (χ0) is 18.4. The lowest BCUT2D eigenvalue weighted by molar-refractivity contribution is -0.115. The Morgan fingerprint density at radius 2 is 1.96 bits per heavy atom. The number of halogens is 1. The molecule has 0 radical (unpaired) electrons. The van der Waals surface area contributed by atoms with Crippen molar-refractivity contribution in [3.8, 4) is 0 Å². The standard InChI is InChI=1S/C19H17FN2OS3/c1-24-17-5-3-2-4-16(17)22-18(23)10-15-12-26-19(21-15)25-11-13-6-8-14(20)9-7-13/h2-9,12H,10-11H2,1H3,(H,22,23). The van der Waals surface area contributed by atoms with Crippen LogP contribution in [0.25, 0.3) is 0 Å². The highest BCUT2D eigenvalue weighted by Crippen LogP contribution is 2.27. The van der Waals surface area contributed by atoms with Crippen molar-refractivity contribution in [1.29, 1.82) is 0 Å². The number of hydrogen-bond donors (Lipinski definition) is 1. The molecular formula is C19H17FN2OS3. The van der Waals surface area contributed by atoms with Crippen LogP contribution in [-0.2, 0) is 17.0 Å². The van der Waals surface area contributed by atoms with Crippen molar-refractivity contribution >= 4 is 46.5 Å². The summed E-state index contributed by atoms with van der Waals surface area (Å²) < 4.78 is 13.8. The van der Waals surface area contributed by atoms with Gasteiger partial charge in [-0.2, -0.15) is 0 Å². The topological polar surface area (TPSA) is 42.0 Å². The quantitative estimate of drug-likeness (QED) is 0.530. The Morgan fingerprint density at radius 3 is 2.73 bits per heavy atom. The summed E-state index contributed by atoms with van der Waals surface area (Å²) in [6, 6.07) is 14.2. The Labute approximate surface area is 164 Å². The van der Waals surface area contributed by atoms with E-state index in [1.807, 2.05) is 35.9 Å². The molecule has 0 atom stereocenters. The Morgan fingerprint density at radius 1 is 1.19 bits per heavy atom. The second kappa shape index (κ2) is 9.21. The maximum Gasteiger partial charge on any atom is 0.230 e. The highest BCUT2D eigenvalue weighted by molar-refractivity contribution is 8.00. The Kier molecular flexibility index (Phi) is 6.71. The molecule has 1 amide bonds. The molecule has 7 heteroatoms. The van der Waals surface area contributed by atoms with Gasteiger partial charge in [0.25, 0.3) is 0 Å². The maximum atomic E-state index is 12.9. The molecule has 0 fully saturated rings. The molecule has 26 heavy (non-hydrogen) atoms. The highest BCUT2D eigenvalue weighted by atomic mass is 32.2. The normalized spacial score (nSPS) is 10.7. The molecule has 1 heterocycles. The van der Waals surface area contributed by atoms with Crippen LogP contribution in [-0.4, -0.2) is 17.1 Å². The van der Waals surface area contributed by atoms with Crippen molar-refractivity contribution < 1.29 is 9.18 Å². The van der Waals surface area contributed by atoms with Crippen molar-refractivity contribution in [2.24, 2.45) is 0 Å². The number of para-hydroxylation sites is 1. The maximum absolute atomic E-state index is 12.9. The number of carbonyl (C=O) groups is 1. The van der Waals surface area contributed by atoms with Crippen LogP contribution in [0.2, 0.25) is 0 Å². The number of carbonyl (C=O) groups excluding carboxylic acids is 1. The van der Waals surface area contributed by atoms with Crippen molar-refractivity contribution in [2.45, 2.75) is 21.4 Å². The van der Waals surface area contributed by atoms with Crippen molar-refractivity contribution in [2.75, 3.05) is 11.6 Å². The van der Waals surface area contributed by atoms with E-state index >= 15 is 0 Å². The number of nitrogens with zero attached hydrogens (tertiary/aromatic N) is 1. The first-order chi connectivity index (χ1) is 12.6. The van der Waals surface area contributed by atoms with Gasteiger partial charge in [-0.25, -0.2) is 9.37 Å². The third-order valence-electron chi connectivity index (χ3n) is 3.53. The van der Waals surface area contributed by atoms with E-state index in [2.05, 4.69) is 10.3 Å². The number of nitrogens with one attached hydrogen (secondary N) is 1. The van der Waals surface area contributed by atoms with Crippen LogP contribution < -0.4 is 5.32 Å². The fraction of sp³-hybridized carbons (Fsp3) is 0.158. The molecule has 0 aliphatic heterocycles. The van der Waals surface area contributed by atoms with Crippen LogP contribution in [0.4, 0.5) is 10.1 Å². The lowest BCUT2D eigenvalue weighted by Crippen LogP contribution is -2.15. The fourth-order valence-corrected chi connectivity index (χ4v) is 4.62. The van der Waals surface area contributed by atoms with Gasteiger partial charge in [0.2, 0.25) is 5.91 Å². The monoisotopic (exact) mass is 404 g/mol. The predicted octanol–water partition coefficient (Wildman–Crippen LogP) is 5.48. The average Bonchev–Trinajstić information content (AvgIpc) is 3.09. The van der Waals surface area contributed by atoms with Gasteiger partial charge in [-0.1, -0.05) is 36.0 Å². The van der Waals surface area contributed by atoms with Gasteiger partial charge in [0.05, 0.1) is 17.8 Å². The van der Waals surface area contributed by atoms with E-state index in [4.69, 9.17) is 0 Å². The van der Waals surface area contributed by atoms with E-state index in [1.165, 1.54) is 23.5 Å². The number of aromatic nitrogens is 1. The fourth-order valence-electron chi connectivity index (χ4n) is 2.27. The van der Waals surface area contributed by atoms with Gasteiger partial charge < -0.3 is 5.32 Å². The summed E-state index contributed by atoms with van der Waals surface area (Å²) in [6.45, 7) is 0. The zero-order valence-electron chi connectivity index (χ0n) is 14.1. The van der Waals surface area contributed by atoms with Gasteiger partial charge >= 0.3 is 0 Å². The Bertz CT molecular complexity index is 881. The van der Waals surface area contributed by atoms with Crippen LogP contribution in [0.1, 0.15) is 11.3 Å². The molecule has 0 saturated heterocycles. The van der Waals surface area contributed by atoms with E-state index in [0.29, 0.717) is 0 Å². The number of hydrogen-bond acceptors (Lipinski definition) is 5. The van der Waals surface area contributed by atoms with E-state index in [9.17, 15) is 9.18 Å². The third-order valence-corrected chi connectivity index (χ3v) is 6.47. The van der Waals surface area contributed by atoms with E-state index < -0.39 is 0 Å². The number of thioether (sulfide) groups is 2. The number of amides is 1. The Balaban J connectivity index is 1.54. The summed E-state index contributed by atoms with van der Waals surface area (Å²) in [5.41, 5.74) is 2.63. The molecule has 1 N–H and O–H groups in total. The van der Waals surface area contributed by atoms with Crippen LogP contribution in [0, 0.1) is 5.82 Å². The minimum absolute atomic E-state index is 0.0770. The lowest BCUT2D eigenvalue weighted by atomic mass is 10.2. The van der Waals surface area contributed by atoms with E-state index in [1.54, 1.807) is 35.7 Å². The van der Waals surface area contributed by atoms with Gasteiger partial charge in [-0.15, -0.1) is 23.1 Å². The zero-order valence-corrected chi connectivity index (χ0v) is 16.5. The second-order valence-electron chi connectivity index (χ2n) is 5.45. The molecule has 3 rings (SSSR count). The Hall–Kier alpha value is -1.83. The minimum Gasteiger partial charge on any atom is -0.325 e. The van der Waals surface area contributed by atoms with Gasteiger partial charge in [-0.05, 0) is 36.1 Å². The lowest BCUT2D eigenvalue weighted by Gasteiger charge is -2.08. The van der Waals surface area contributed by atoms with Gasteiger partial charge in [-0.3, -0.25) is 4.79 Å². The van der Waals surface area contributed by atoms with Gasteiger partial charge in [0.1, 0.15) is 10.2 Å². The molecule has 0 spiro atoms. The summed E-state index contributed by atoms with van der Waals surface area (Å²) in [6.07, 6.45) is 2.23. The summed E-state index contributed by atoms with van der Waals surface area (Å²) in [7, 11) is 0. The predicted molar refractivity (Wildman–Crippen MR) is 109 cm³/mol. The van der Waals surface area contributed by atoms with E-state index in [-0.39, 0.29) is 18.1 Å². The average molecular weight is 405 g/mol. The van der Waals surface area contributed by atoms with Crippen LogP contribution >= 0.6 is 34.9 Å². The molecule has 134 valence electrons. The number of rotatable bonds is 7. The number of thiazole rings is 1. The first-order valence-electron chi connectivity index (χ1n) is 7.88. The summed E-state index contributed by atoms with van der Waals surface area (Å²) in [5.74, 6) is 0.414. The van der Waals surface area contributed by atoms with Crippen LogP contribution in [0.15, 0.2) is 63.1 Å². The largest absolute Gasteiger partial charge is 0.325 e. The number of benzene rings is 2. The summed E-state index contributed by atoms with van der Waals surface area (Å²) in [5, 5.41) is 4.85. The molecule has 0 aliphatic carbocycles. The molecule has 0 aliphatic rings. The first-order valence-corrected chi connectivity index (χ1v) is 11.0. The summed E-state index contributed by atoms with van der Waals surface area (Å²) >= 11 is 4.71. The van der Waals surface area contributed by atoms with Gasteiger partial charge in [0.15, 0.2) is 0 Å². The highest BCUT2D eigenvalue weighted by Gasteiger charge is 2.10. The summed E-state index contributed by atoms with van der Waals surface area (Å²) in [4.78, 5) is 17.8. The minimum atomic E-state index is -0.232. The van der Waals surface area contributed by atoms with Crippen LogP contribution in [0.3, 0.4) is 0 Å². The first kappa shape index (κ1) is 18.9. The van der Waals surface area contributed by atoms with E-state index in [0.717, 1.165) is 31.9 Å². The van der Waals surface area contributed by atoms with Crippen molar-refractivity contribution in [3.05, 3.63) is 71.0 Å². The molecule has 2 aromatic carbocycles.